The lowest BCUT2D eigenvalue weighted by Crippen LogP contribution is -3.14. The molecule has 1 aliphatic heterocycles. The molecule has 1 aromatic carbocycles. The minimum absolute atomic E-state index is 0.140. The highest BCUT2D eigenvalue weighted by Gasteiger charge is 2.12. The third-order valence-electron chi connectivity index (χ3n) is 3.41. The molecule has 1 heterocycles. The molecule has 1 aliphatic rings. The molecule has 0 saturated carbocycles. The zero-order chi connectivity index (χ0) is 12.6. The Hall–Kier alpha value is -0.970. The van der Waals surface area contributed by atoms with Crippen molar-refractivity contribution in [3.8, 4) is 0 Å². The average Bonchev–Trinajstić information content (AvgIpc) is 2.40. The summed E-state index contributed by atoms with van der Waals surface area (Å²) >= 11 is 0. The Morgan fingerprint density at radius 2 is 2.11 bits per heavy atom. The Balaban J connectivity index is 1.55. The van der Waals surface area contributed by atoms with E-state index in [2.05, 4.69) is 5.32 Å². The van der Waals surface area contributed by atoms with Gasteiger partial charge in [0.1, 0.15) is 25.5 Å². The second kappa shape index (κ2) is 7.46. The molecule has 3 N–H and O–H groups in total. The normalized spacial score (nSPS) is 16.9. The van der Waals surface area contributed by atoms with E-state index >= 15 is 0 Å². The van der Waals surface area contributed by atoms with E-state index in [0.29, 0.717) is 0 Å². The first-order valence-electron chi connectivity index (χ1n) is 6.82. The average molecular weight is 254 g/mol. The summed E-state index contributed by atoms with van der Waals surface area (Å²) in [6, 6.07) is 6.86. The fourth-order valence-corrected chi connectivity index (χ4v) is 2.34. The lowest BCUT2D eigenvalue weighted by Gasteiger charge is -2.23. The highest BCUT2D eigenvalue weighted by molar-refractivity contribution is 5.14. The van der Waals surface area contributed by atoms with Crippen molar-refractivity contribution in [2.75, 3.05) is 39.4 Å². The van der Waals surface area contributed by atoms with Crippen LogP contribution in [0.1, 0.15) is 12.0 Å². The van der Waals surface area contributed by atoms with Crippen molar-refractivity contribution in [3.63, 3.8) is 0 Å². The van der Waals surface area contributed by atoms with Crippen molar-refractivity contribution in [1.82, 2.24) is 0 Å². The Kier molecular flexibility index (Phi) is 5.58. The predicted molar refractivity (Wildman–Crippen MR) is 67.9 cm³/mol. The lowest BCUT2D eigenvalue weighted by atomic mass is 10.2. The Labute approximate surface area is 108 Å². The molecular formula is C14H23FN2O+2. The maximum Gasteiger partial charge on any atom is 0.123 e. The number of halogens is 1. The van der Waals surface area contributed by atoms with Crippen LogP contribution in [0.15, 0.2) is 24.3 Å². The van der Waals surface area contributed by atoms with Crippen LogP contribution in [-0.4, -0.2) is 39.4 Å². The molecular weight excluding hydrogens is 231 g/mol. The molecule has 0 aromatic heterocycles. The first-order valence-corrected chi connectivity index (χ1v) is 6.82. The SMILES string of the molecule is Fc1cccc(C[NH2+]CCC[NH+]2CCOCC2)c1. The molecule has 18 heavy (non-hydrogen) atoms. The highest BCUT2D eigenvalue weighted by Crippen LogP contribution is 2.00. The van der Waals surface area contributed by atoms with E-state index in [1.165, 1.54) is 19.0 Å². The molecule has 2 rings (SSSR count). The van der Waals surface area contributed by atoms with E-state index < -0.39 is 0 Å². The van der Waals surface area contributed by atoms with E-state index in [4.69, 9.17) is 4.74 Å². The first-order chi connectivity index (χ1) is 8.84. The number of nitrogens with two attached hydrogens (primary N) is 1. The third-order valence-corrected chi connectivity index (χ3v) is 3.41. The number of morpholine rings is 1. The maximum atomic E-state index is 13.0. The summed E-state index contributed by atoms with van der Waals surface area (Å²) in [5, 5.41) is 2.26. The van der Waals surface area contributed by atoms with Gasteiger partial charge < -0.3 is 15.0 Å². The molecule has 0 atom stereocenters. The van der Waals surface area contributed by atoms with Crippen LogP contribution >= 0.6 is 0 Å². The van der Waals surface area contributed by atoms with E-state index in [9.17, 15) is 4.39 Å². The van der Waals surface area contributed by atoms with Gasteiger partial charge in [-0.15, -0.1) is 0 Å². The van der Waals surface area contributed by atoms with Gasteiger partial charge in [0, 0.05) is 12.0 Å². The quantitative estimate of drug-likeness (QED) is 0.639. The van der Waals surface area contributed by atoms with Crippen LogP contribution in [0, 0.1) is 5.82 Å². The number of benzene rings is 1. The fraction of sp³-hybridized carbons (Fsp3) is 0.571. The Morgan fingerprint density at radius 1 is 1.28 bits per heavy atom. The topological polar surface area (TPSA) is 30.3 Å². The summed E-state index contributed by atoms with van der Waals surface area (Å²) in [5.41, 5.74) is 1.06. The molecule has 0 unspecified atom stereocenters. The summed E-state index contributed by atoms with van der Waals surface area (Å²) in [6.07, 6.45) is 1.21. The van der Waals surface area contributed by atoms with Crippen LogP contribution in [0.3, 0.4) is 0 Å². The van der Waals surface area contributed by atoms with Crippen LogP contribution in [0.2, 0.25) is 0 Å². The monoisotopic (exact) mass is 254 g/mol. The van der Waals surface area contributed by atoms with E-state index in [0.717, 1.165) is 45.0 Å². The molecule has 0 radical (unpaired) electrons. The van der Waals surface area contributed by atoms with Gasteiger partial charge in [-0.3, -0.25) is 0 Å². The Bertz CT molecular complexity index is 353. The first kappa shape index (κ1) is 13.5. The van der Waals surface area contributed by atoms with Crippen LogP contribution in [0.5, 0.6) is 0 Å². The highest BCUT2D eigenvalue weighted by atomic mass is 19.1. The third kappa shape index (κ3) is 4.72. The smallest absolute Gasteiger partial charge is 0.123 e. The van der Waals surface area contributed by atoms with Crippen molar-refractivity contribution in [2.24, 2.45) is 0 Å². The molecule has 0 bridgehead atoms. The van der Waals surface area contributed by atoms with Gasteiger partial charge in [-0.05, 0) is 12.1 Å². The number of ether oxygens (including phenoxy) is 1. The van der Waals surface area contributed by atoms with Gasteiger partial charge >= 0.3 is 0 Å². The molecule has 0 amide bonds. The molecule has 1 aromatic rings. The maximum absolute atomic E-state index is 13.0. The van der Waals surface area contributed by atoms with Crippen LogP contribution in [0.25, 0.3) is 0 Å². The van der Waals surface area contributed by atoms with Gasteiger partial charge in [0.15, 0.2) is 0 Å². The molecule has 3 nitrogen and oxygen atoms in total. The molecule has 4 heteroatoms. The number of nitrogens with one attached hydrogen (secondary N) is 1. The van der Waals surface area contributed by atoms with Crippen molar-refractivity contribution in [3.05, 3.63) is 35.6 Å². The van der Waals surface area contributed by atoms with Gasteiger partial charge in [0.05, 0.1) is 26.3 Å². The molecule has 1 fully saturated rings. The van der Waals surface area contributed by atoms with Crippen molar-refractivity contribution in [2.45, 2.75) is 13.0 Å². The largest absolute Gasteiger partial charge is 0.370 e. The lowest BCUT2D eigenvalue weighted by molar-refractivity contribution is -0.909. The number of quaternary nitrogens is 2. The number of hydrogen-bond donors (Lipinski definition) is 2. The summed E-state index contributed by atoms with van der Waals surface area (Å²) in [4.78, 5) is 1.65. The van der Waals surface area contributed by atoms with Crippen LogP contribution in [0.4, 0.5) is 4.39 Å². The summed E-state index contributed by atoms with van der Waals surface area (Å²) in [5.74, 6) is -0.140. The second-order valence-electron chi connectivity index (χ2n) is 4.88. The molecule has 0 spiro atoms. The van der Waals surface area contributed by atoms with Gasteiger partial charge in [-0.2, -0.15) is 0 Å². The fourth-order valence-electron chi connectivity index (χ4n) is 2.34. The van der Waals surface area contributed by atoms with E-state index in [1.807, 2.05) is 6.07 Å². The zero-order valence-electron chi connectivity index (χ0n) is 10.8. The van der Waals surface area contributed by atoms with Crippen molar-refractivity contribution in [1.29, 1.82) is 0 Å². The van der Waals surface area contributed by atoms with E-state index in [-0.39, 0.29) is 5.82 Å². The molecule has 100 valence electrons. The molecule has 0 aliphatic carbocycles. The van der Waals surface area contributed by atoms with E-state index in [1.54, 1.807) is 17.0 Å². The van der Waals surface area contributed by atoms with Crippen molar-refractivity contribution < 1.29 is 19.3 Å². The summed E-state index contributed by atoms with van der Waals surface area (Å²) in [7, 11) is 0. The van der Waals surface area contributed by atoms with Gasteiger partial charge in [-0.1, -0.05) is 12.1 Å². The van der Waals surface area contributed by atoms with Crippen LogP contribution in [-0.2, 0) is 11.3 Å². The number of rotatable bonds is 6. The van der Waals surface area contributed by atoms with Crippen LogP contribution < -0.4 is 10.2 Å². The Morgan fingerprint density at radius 3 is 2.89 bits per heavy atom. The molecule has 1 saturated heterocycles. The standard InChI is InChI=1S/C14H21FN2O/c15-14-4-1-3-13(11-14)12-16-5-2-6-17-7-9-18-10-8-17/h1,3-4,11,16H,2,5-10,12H2/p+2. The van der Waals surface area contributed by atoms with Crippen molar-refractivity contribution >= 4 is 0 Å². The number of hydrogen-bond acceptors (Lipinski definition) is 1. The minimum atomic E-state index is -0.140. The minimum Gasteiger partial charge on any atom is -0.370 e. The van der Waals surface area contributed by atoms with Gasteiger partial charge in [0.2, 0.25) is 0 Å². The van der Waals surface area contributed by atoms with Gasteiger partial charge in [-0.25, -0.2) is 4.39 Å². The van der Waals surface area contributed by atoms with Gasteiger partial charge in [0.25, 0.3) is 0 Å². The summed E-state index contributed by atoms with van der Waals surface area (Å²) in [6.45, 7) is 7.30. The predicted octanol–water partition coefficient (Wildman–Crippen LogP) is -0.806. The zero-order valence-corrected chi connectivity index (χ0v) is 10.8. The summed E-state index contributed by atoms with van der Waals surface area (Å²) < 4.78 is 18.3. The second-order valence-corrected chi connectivity index (χ2v) is 4.88.